The van der Waals surface area contributed by atoms with Crippen molar-refractivity contribution in [1.82, 2.24) is 0 Å². The van der Waals surface area contributed by atoms with Gasteiger partial charge in [0.25, 0.3) is 0 Å². The number of ether oxygens (including phenoxy) is 1. The molecule has 86 valence electrons. The molecule has 0 bridgehead atoms. The molecule has 0 saturated carbocycles. The first-order valence-corrected chi connectivity index (χ1v) is 5.34. The summed E-state index contributed by atoms with van der Waals surface area (Å²) in [7, 11) is 0. The third-order valence-corrected chi connectivity index (χ3v) is 2.41. The number of carbonyl (C=O) groups excluding carboxylic acids is 1. The van der Waals surface area contributed by atoms with Crippen LogP contribution >= 0.6 is 0 Å². The highest BCUT2D eigenvalue weighted by Gasteiger charge is 2.06. The van der Waals surface area contributed by atoms with Crippen LogP contribution in [-0.2, 0) is 4.79 Å². The molecule has 0 aliphatic carbocycles. The summed E-state index contributed by atoms with van der Waals surface area (Å²) in [6.07, 6.45) is 0.653. The Morgan fingerprint density at radius 2 is 1.82 bits per heavy atom. The van der Waals surface area contributed by atoms with Crippen LogP contribution in [0, 0.1) is 6.92 Å². The average Bonchev–Trinajstić information content (AvgIpc) is 2.35. The van der Waals surface area contributed by atoms with Gasteiger partial charge in [0, 0.05) is 0 Å². The molecular weight excluding hydrogens is 214 g/mol. The number of para-hydroxylation sites is 2. The number of nitrogens with one attached hydrogen (secondary N) is 1. The Morgan fingerprint density at radius 3 is 2.53 bits per heavy atom. The molecule has 2 aromatic carbocycles. The van der Waals surface area contributed by atoms with Gasteiger partial charge in [0.05, 0.1) is 5.69 Å². The maximum Gasteiger partial charge on any atom is 0.211 e. The van der Waals surface area contributed by atoms with Crippen LogP contribution in [0.4, 0.5) is 5.69 Å². The van der Waals surface area contributed by atoms with E-state index in [2.05, 4.69) is 5.32 Å². The molecule has 0 aliphatic heterocycles. The highest BCUT2D eigenvalue weighted by atomic mass is 16.5. The molecule has 0 fully saturated rings. The van der Waals surface area contributed by atoms with Crippen molar-refractivity contribution in [1.29, 1.82) is 0 Å². The predicted octanol–water partition coefficient (Wildman–Crippen LogP) is 3.36. The minimum atomic E-state index is 0.642. The van der Waals surface area contributed by atoms with Crippen LogP contribution in [-0.4, -0.2) is 6.41 Å². The normalized spacial score (nSPS) is 9.71. The number of hydrogen-bond acceptors (Lipinski definition) is 2. The van der Waals surface area contributed by atoms with Crippen molar-refractivity contribution in [2.24, 2.45) is 0 Å². The average molecular weight is 227 g/mol. The smallest absolute Gasteiger partial charge is 0.211 e. The molecule has 0 unspecified atom stereocenters. The fourth-order valence-electron chi connectivity index (χ4n) is 1.59. The molecule has 0 radical (unpaired) electrons. The van der Waals surface area contributed by atoms with E-state index in [-0.39, 0.29) is 0 Å². The summed E-state index contributed by atoms with van der Waals surface area (Å²) >= 11 is 0. The lowest BCUT2D eigenvalue weighted by Crippen LogP contribution is -1.99. The van der Waals surface area contributed by atoms with Crippen molar-refractivity contribution in [2.75, 3.05) is 5.32 Å². The van der Waals surface area contributed by atoms with E-state index in [0.717, 1.165) is 11.3 Å². The molecule has 0 heterocycles. The van der Waals surface area contributed by atoms with E-state index in [1.54, 1.807) is 0 Å². The van der Waals surface area contributed by atoms with Gasteiger partial charge in [-0.25, -0.2) is 0 Å². The minimum Gasteiger partial charge on any atom is -0.455 e. The zero-order valence-corrected chi connectivity index (χ0v) is 9.51. The first-order valence-electron chi connectivity index (χ1n) is 5.34. The Bertz CT molecular complexity index is 509. The lowest BCUT2D eigenvalue weighted by atomic mass is 10.2. The van der Waals surface area contributed by atoms with E-state index in [4.69, 9.17) is 4.74 Å². The van der Waals surface area contributed by atoms with E-state index in [9.17, 15) is 4.79 Å². The molecule has 0 spiro atoms. The molecule has 0 saturated heterocycles. The second-order valence-corrected chi connectivity index (χ2v) is 3.63. The van der Waals surface area contributed by atoms with Gasteiger partial charge < -0.3 is 10.1 Å². The standard InChI is InChI=1S/C14H13NO2/c1-11-6-5-9-13(14(11)15-10-16)17-12-7-3-2-4-8-12/h2-10H,1H3,(H,15,16). The second kappa shape index (κ2) is 5.16. The molecule has 1 amide bonds. The maximum absolute atomic E-state index is 10.6. The number of aryl methyl sites for hydroxylation is 1. The summed E-state index contributed by atoms with van der Waals surface area (Å²) in [5, 5.41) is 2.66. The summed E-state index contributed by atoms with van der Waals surface area (Å²) in [6, 6.07) is 15.1. The van der Waals surface area contributed by atoms with Gasteiger partial charge in [-0.3, -0.25) is 4.79 Å². The second-order valence-electron chi connectivity index (χ2n) is 3.63. The highest BCUT2D eigenvalue weighted by Crippen LogP contribution is 2.31. The molecule has 1 N–H and O–H groups in total. The number of rotatable bonds is 4. The van der Waals surface area contributed by atoms with Crippen LogP contribution in [0.2, 0.25) is 0 Å². The minimum absolute atomic E-state index is 0.642. The van der Waals surface area contributed by atoms with Gasteiger partial charge in [0.2, 0.25) is 6.41 Å². The number of hydrogen-bond donors (Lipinski definition) is 1. The van der Waals surface area contributed by atoms with Crippen molar-refractivity contribution in [3.8, 4) is 11.5 Å². The Balaban J connectivity index is 2.32. The Kier molecular flexibility index (Phi) is 3.40. The summed E-state index contributed by atoms with van der Waals surface area (Å²) in [5.41, 5.74) is 1.66. The van der Waals surface area contributed by atoms with E-state index >= 15 is 0 Å². The first kappa shape index (κ1) is 11.2. The Morgan fingerprint density at radius 1 is 1.06 bits per heavy atom. The number of anilines is 1. The van der Waals surface area contributed by atoms with Crippen LogP contribution in [0.3, 0.4) is 0 Å². The van der Waals surface area contributed by atoms with E-state index < -0.39 is 0 Å². The van der Waals surface area contributed by atoms with E-state index in [1.165, 1.54) is 0 Å². The van der Waals surface area contributed by atoms with Crippen LogP contribution in [0.25, 0.3) is 0 Å². The zero-order chi connectivity index (χ0) is 12.1. The van der Waals surface area contributed by atoms with Crippen LogP contribution in [0.5, 0.6) is 11.5 Å². The van der Waals surface area contributed by atoms with Gasteiger partial charge in [0.1, 0.15) is 5.75 Å². The summed E-state index contributed by atoms with van der Waals surface area (Å²) in [5.74, 6) is 1.38. The fourth-order valence-corrected chi connectivity index (χ4v) is 1.59. The summed E-state index contributed by atoms with van der Waals surface area (Å²) in [6.45, 7) is 1.92. The third-order valence-electron chi connectivity index (χ3n) is 2.41. The molecule has 17 heavy (non-hydrogen) atoms. The van der Waals surface area contributed by atoms with Crippen molar-refractivity contribution >= 4 is 12.1 Å². The zero-order valence-electron chi connectivity index (χ0n) is 9.51. The quantitative estimate of drug-likeness (QED) is 0.813. The Hall–Kier alpha value is -2.29. The van der Waals surface area contributed by atoms with Crippen molar-refractivity contribution in [3.63, 3.8) is 0 Å². The maximum atomic E-state index is 10.6. The Labute approximate surface area is 100 Å². The largest absolute Gasteiger partial charge is 0.455 e. The molecule has 0 atom stereocenters. The van der Waals surface area contributed by atoms with Gasteiger partial charge >= 0.3 is 0 Å². The summed E-state index contributed by atoms with van der Waals surface area (Å²) in [4.78, 5) is 10.6. The lowest BCUT2D eigenvalue weighted by molar-refractivity contribution is -0.105. The SMILES string of the molecule is Cc1cccc(Oc2ccccc2)c1NC=O. The van der Waals surface area contributed by atoms with Crippen molar-refractivity contribution in [3.05, 3.63) is 54.1 Å². The van der Waals surface area contributed by atoms with E-state index in [0.29, 0.717) is 17.8 Å². The predicted molar refractivity (Wildman–Crippen MR) is 67.4 cm³/mol. The monoisotopic (exact) mass is 227 g/mol. The van der Waals surface area contributed by atoms with Crippen LogP contribution < -0.4 is 10.1 Å². The molecule has 3 nitrogen and oxygen atoms in total. The molecule has 0 aliphatic rings. The molecule has 2 aromatic rings. The molecular formula is C14H13NO2. The summed E-state index contributed by atoms with van der Waals surface area (Å²) < 4.78 is 5.72. The molecule has 2 rings (SSSR count). The van der Waals surface area contributed by atoms with Gasteiger partial charge in [-0.1, -0.05) is 30.3 Å². The van der Waals surface area contributed by atoms with Gasteiger partial charge in [-0.15, -0.1) is 0 Å². The van der Waals surface area contributed by atoms with Gasteiger partial charge in [0.15, 0.2) is 5.75 Å². The first-order chi connectivity index (χ1) is 8.31. The van der Waals surface area contributed by atoms with Gasteiger partial charge in [-0.2, -0.15) is 0 Å². The van der Waals surface area contributed by atoms with Crippen molar-refractivity contribution in [2.45, 2.75) is 6.92 Å². The molecule has 0 aromatic heterocycles. The van der Waals surface area contributed by atoms with Crippen molar-refractivity contribution < 1.29 is 9.53 Å². The number of amides is 1. The number of benzene rings is 2. The highest BCUT2D eigenvalue weighted by molar-refractivity contribution is 5.78. The topological polar surface area (TPSA) is 38.3 Å². The van der Waals surface area contributed by atoms with Gasteiger partial charge in [-0.05, 0) is 30.7 Å². The lowest BCUT2D eigenvalue weighted by Gasteiger charge is -2.12. The van der Waals surface area contributed by atoms with Crippen LogP contribution in [0.1, 0.15) is 5.56 Å². The van der Waals surface area contributed by atoms with Crippen LogP contribution in [0.15, 0.2) is 48.5 Å². The fraction of sp³-hybridized carbons (Fsp3) is 0.0714. The number of carbonyl (C=O) groups is 1. The molecule has 3 heteroatoms. The van der Waals surface area contributed by atoms with E-state index in [1.807, 2.05) is 55.5 Å². The third kappa shape index (κ3) is 2.64.